The highest BCUT2D eigenvalue weighted by atomic mass is 35.5. The Balaban J connectivity index is 2.16. The quantitative estimate of drug-likeness (QED) is 0.638. The van der Waals surface area contributed by atoms with Gasteiger partial charge in [0, 0.05) is 13.1 Å². The first-order chi connectivity index (χ1) is 9.19. The minimum atomic E-state index is -0.384. The van der Waals surface area contributed by atoms with Crippen LogP contribution in [0.5, 0.6) is 5.75 Å². The molecule has 1 aromatic heterocycles. The Kier molecular flexibility index (Phi) is 4.37. The summed E-state index contributed by atoms with van der Waals surface area (Å²) in [7, 11) is 1.76. The van der Waals surface area contributed by atoms with Crippen LogP contribution in [0.3, 0.4) is 0 Å². The van der Waals surface area contributed by atoms with E-state index in [4.69, 9.17) is 16.3 Å². The molecule has 2 rings (SSSR count). The standard InChI is InChI=1S/C13H11ClFN3O/c1-18-8-12(16-17-18)9-19-13-7-11(15)5-4-10(13)3-2-6-14/h4-5,7-8H,6,9H2,1H3. The monoisotopic (exact) mass is 279 g/mol. The Morgan fingerprint density at radius 3 is 3.00 bits per heavy atom. The second-order valence-electron chi connectivity index (χ2n) is 3.75. The summed E-state index contributed by atoms with van der Waals surface area (Å²) in [4.78, 5) is 0. The van der Waals surface area contributed by atoms with Crippen LogP contribution in [0.15, 0.2) is 24.4 Å². The molecule has 0 spiro atoms. The SMILES string of the molecule is Cn1cc(COc2cc(F)ccc2C#CCCl)nn1. The molecule has 0 aliphatic heterocycles. The average molecular weight is 280 g/mol. The lowest BCUT2D eigenvalue weighted by atomic mass is 10.2. The fraction of sp³-hybridized carbons (Fsp3) is 0.231. The van der Waals surface area contributed by atoms with Crippen molar-refractivity contribution in [2.45, 2.75) is 6.61 Å². The van der Waals surface area contributed by atoms with Gasteiger partial charge in [-0.25, -0.2) is 4.39 Å². The largest absolute Gasteiger partial charge is 0.486 e. The minimum Gasteiger partial charge on any atom is -0.486 e. The van der Waals surface area contributed by atoms with E-state index in [-0.39, 0.29) is 18.3 Å². The average Bonchev–Trinajstić information content (AvgIpc) is 2.81. The number of rotatable bonds is 3. The van der Waals surface area contributed by atoms with Crippen molar-refractivity contribution in [3.05, 3.63) is 41.5 Å². The molecule has 0 aliphatic rings. The van der Waals surface area contributed by atoms with Gasteiger partial charge in [-0.05, 0) is 12.1 Å². The van der Waals surface area contributed by atoms with Gasteiger partial charge in [-0.1, -0.05) is 17.1 Å². The second-order valence-corrected chi connectivity index (χ2v) is 4.02. The van der Waals surface area contributed by atoms with Crippen LogP contribution in [-0.2, 0) is 13.7 Å². The van der Waals surface area contributed by atoms with Crippen molar-refractivity contribution in [3.8, 4) is 17.6 Å². The minimum absolute atomic E-state index is 0.201. The van der Waals surface area contributed by atoms with Crippen molar-refractivity contribution >= 4 is 11.6 Å². The van der Waals surface area contributed by atoms with Crippen molar-refractivity contribution in [1.82, 2.24) is 15.0 Å². The van der Waals surface area contributed by atoms with E-state index in [2.05, 4.69) is 22.2 Å². The molecule has 0 N–H and O–H groups in total. The van der Waals surface area contributed by atoms with Crippen LogP contribution in [0.1, 0.15) is 11.3 Å². The van der Waals surface area contributed by atoms with Crippen molar-refractivity contribution in [2.75, 3.05) is 5.88 Å². The van der Waals surface area contributed by atoms with E-state index in [0.717, 1.165) is 0 Å². The molecule has 0 bridgehead atoms. The van der Waals surface area contributed by atoms with Crippen LogP contribution < -0.4 is 4.74 Å². The molecule has 0 radical (unpaired) electrons. The van der Waals surface area contributed by atoms with Crippen LogP contribution in [-0.4, -0.2) is 20.9 Å². The zero-order valence-electron chi connectivity index (χ0n) is 10.2. The van der Waals surface area contributed by atoms with Crippen LogP contribution in [0.25, 0.3) is 0 Å². The van der Waals surface area contributed by atoms with Gasteiger partial charge in [0.05, 0.1) is 17.6 Å². The molecular formula is C13H11ClFN3O. The Morgan fingerprint density at radius 2 is 2.32 bits per heavy atom. The lowest BCUT2D eigenvalue weighted by Crippen LogP contribution is -1.98. The van der Waals surface area contributed by atoms with E-state index in [1.165, 1.54) is 12.1 Å². The Bertz CT molecular complexity index is 630. The van der Waals surface area contributed by atoms with Gasteiger partial charge in [0.25, 0.3) is 0 Å². The molecule has 0 fully saturated rings. The number of halogens is 2. The second kappa shape index (κ2) is 6.21. The van der Waals surface area contributed by atoms with Crippen LogP contribution in [0.2, 0.25) is 0 Å². The number of ether oxygens (including phenoxy) is 1. The Labute approximate surface area is 115 Å². The van der Waals surface area contributed by atoms with Crippen molar-refractivity contribution in [1.29, 1.82) is 0 Å². The third-order valence-corrected chi connectivity index (χ3v) is 2.39. The van der Waals surface area contributed by atoms with Gasteiger partial charge in [0.2, 0.25) is 0 Å². The summed E-state index contributed by atoms with van der Waals surface area (Å²) >= 11 is 5.50. The van der Waals surface area contributed by atoms with Gasteiger partial charge in [0.15, 0.2) is 0 Å². The maximum atomic E-state index is 13.2. The summed E-state index contributed by atoms with van der Waals surface area (Å²) in [5, 5.41) is 7.67. The van der Waals surface area contributed by atoms with Gasteiger partial charge in [-0.15, -0.1) is 16.7 Å². The molecule has 0 aliphatic carbocycles. The summed E-state index contributed by atoms with van der Waals surface area (Å²) in [5.41, 5.74) is 1.24. The lowest BCUT2D eigenvalue weighted by Gasteiger charge is -2.06. The molecule has 98 valence electrons. The Hall–Kier alpha value is -2.06. The van der Waals surface area contributed by atoms with Gasteiger partial charge >= 0.3 is 0 Å². The smallest absolute Gasteiger partial charge is 0.138 e. The van der Waals surface area contributed by atoms with Crippen molar-refractivity contribution in [2.24, 2.45) is 7.05 Å². The molecular weight excluding hydrogens is 269 g/mol. The topological polar surface area (TPSA) is 39.9 Å². The highest BCUT2D eigenvalue weighted by Crippen LogP contribution is 2.20. The van der Waals surface area contributed by atoms with Crippen molar-refractivity contribution in [3.63, 3.8) is 0 Å². The number of hydrogen-bond acceptors (Lipinski definition) is 3. The number of aromatic nitrogens is 3. The molecule has 0 unspecified atom stereocenters. The molecule has 1 aromatic carbocycles. The summed E-state index contributed by atoms with van der Waals surface area (Å²) < 4.78 is 20.3. The summed E-state index contributed by atoms with van der Waals surface area (Å²) in [5.74, 6) is 5.71. The molecule has 4 nitrogen and oxygen atoms in total. The Morgan fingerprint density at radius 1 is 1.47 bits per heavy atom. The number of benzene rings is 1. The molecule has 0 saturated carbocycles. The first-order valence-corrected chi connectivity index (χ1v) is 6.05. The molecule has 6 heteroatoms. The number of nitrogens with zero attached hydrogens (tertiary/aromatic N) is 3. The van der Waals surface area contributed by atoms with E-state index >= 15 is 0 Å². The first-order valence-electron chi connectivity index (χ1n) is 5.51. The fourth-order valence-corrected chi connectivity index (χ4v) is 1.53. The van der Waals surface area contributed by atoms with Gasteiger partial charge in [-0.3, -0.25) is 4.68 Å². The molecule has 0 atom stereocenters. The van der Waals surface area contributed by atoms with E-state index in [1.54, 1.807) is 24.0 Å². The maximum Gasteiger partial charge on any atom is 0.138 e. The van der Waals surface area contributed by atoms with Gasteiger partial charge in [0.1, 0.15) is 23.9 Å². The fourth-order valence-electron chi connectivity index (χ4n) is 1.46. The molecule has 0 amide bonds. The number of hydrogen-bond donors (Lipinski definition) is 0. The normalized spacial score (nSPS) is 9.84. The number of alkyl halides is 1. The van der Waals surface area contributed by atoms with E-state index in [0.29, 0.717) is 17.0 Å². The van der Waals surface area contributed by atoms with Gasteiger partial charge < -0.3 is 4.74 Å². The summed E-state index contributed by atoms with van der Waals surface area (Å²) in [6.45, 7) is 0.201. The number of aryl methyl sites for hydroxylation is 1. The van der Waals surface area contributed by atoms with Crippen LogP contribution >= 0.6 is 11.6 Å². The zero-order chi connectivity index (χ0) is 13.7. The predicted molar refractivity (Wildman–Crippen MR) is 69.3 cm³/mol. The molecule has 2 aromatic rings. The van der Waals surface area contributed by atoms with Crippen LogP contribution in [0, 0.1) is 17.7 Å². The summed E-state index contributed by atoms with van der Waals surface area (Å²) in [6.07, 6.45) is 1.73. The van der Waals surface area contributed by atoms with Crippen molar-refractivity contribution < 1.29 is 9.13 Å². The van der Waals surface area contributed by atoms with E-state index < -0.39 is 0 Å². The lowest BCUT2D eigenvalue weighted by molar-refractivity contribution is 0.298. The van der Waals surface area contributed by atoms with Crippen LogP contribution in [0.4, 0.5) is 4.39 Å². The first kappa shape index (κ1) is 13.4. The molecule has 1 heterocycles. The highest BCUT2D eigenvalue weighted by molar-refractivity contribution is 6.19. The molecule has 0 saturated heterocycles. The predicted octanol–water partition coefficient (Wildman–Crippen LogP) is 2.12. The van der Waals surface area contributed by atoms with E-state index in [9.17, 15) is 4.39 Å². The van der Waals surface area contributed by atoms with E-state index in [1.807, 2.05) is 0 Å². The third kappa shape index (κ3) is 3.70. The highest BCUT2D eigenvalue weighted by Gasteiger charge is 2.05. The maximum absolute atomic E-state index is 13.2. The zero-order valence-corrected chi connectivity index (χ0v) is 11.0. The summed E-state index contributed by atoms with van der Waals surface area (Å²) in [6, 6.07) is 4.17. The third-order valence-electron chi connectivity index (χ3n) is 2.26. The molecule has 19 heavy (non-hydrogen) atoms. The van der Waals surface area contributed by atoms with Gasteiger partial charge in [-0.2, -0.15) is 0 Å².